The Morgan fingerprint density at radius 2 is 1.57 bits per heavy atom. The van der Waals surface area contributed by atoms with Crippen molar-refractivity contribution in [1.29, 1.82) is 0 Å². The fraction of sp³-hybridized carbons (Fsp3) is 0.316. The number of hydrogen-bond acceptors (Lipinski definition) is 1. The molecule has 0 atom stereocenters. The van der Waals surface area contributed by atoms with Crippen LogP contribution < -0.4 is 0 Å². The third kappa shape index (κ3) is 3.44. The molecule has 0 unspecified atom stereocenters. The van der Waals surface area contributed by atoms with E-state index in [1.54, 1.807) is 0 Å². The van der Waals surface area contributed by atoms with Crippen molar-refractivity contribution in [3.8, 4) is 0 Å². The van der Waals surface area contributed by atoms with E-state index in [4.69, 9.17) is 0 Å². The minimum atomic E-state index is 0.0847. The van der Waals surface area contributed by atoms with Crippen LogP contribution in [-0.4, -0.2) is 5.78 Å². The first-order chi connectivity index (χ1) is 9.91. The van der Waals surface area contributed by atoms with E-state index >= 15 is 0 Å². The minimum Gasteiger partial charge on any atom is -0.289 e. The van der Waals surface area contributed by atoms with Gasteiger partial charge in [-0.1, -0.05) is 74.0 Å². The summed E-state index contributed by atoms with van der Waals surface area (Å²) in [5.41, 5.74) is 3.93. The molecule has 0 N–H and O–H groups in total. The molecule has 0 saturated carbocycles. The zero-order chi connectivity index (χ0) is 15.6. The molecule has 0 amide bonds. The van der Waals surface area contributed by atoms with Crippen LogP contribution in [0.5, 0.6) is 0 Å². The molecule has 0 fully saturated rings. The van der Waals surface area contributed by atoms with Crippen LogP contribution in [0.25, 0.3) is 0 Å². The SMILES string of the molecule is CC(C)c1ccc(C(=O)c2ccccc2Br)c(C(C)C)c1. The second-order valence-electron chi connectivity index (χ2n) is 5.97. The van der Waals surface area contributed by atoms with Crippen LogP contribution in [0.15, 0.2) is 46.9 Å². The Bertz CT molecular complexity index is 656. The highest BCUT2D eigenvalue weighted by Gasteiger charge is 2.18. The van der Waals surface area contributed by atoms with Gasteiger partial charge in [-0.15, -0.1) is 0 Å². The van der Waals surface area contributed by atoms with Crippen molar-refractivity contribution < 1.29 is 4.79 Å². The zero-order valence-corrected chi connectivity index (χ0v) is 14.6. The first kappa shape index (κ1) is 16.0. The van der Waals surface area contributed by atoms with Crippen LogP contribution in [-0.2, 0) is 0 Å². The average Bonchev–Trinajstić information content (AvgIpc) is 2.46. The second-order valence-corrected chi connectivity index (χ2v) is 6.82. The average molecular weight is 345 g/mol. The Morgan fingerprint density at radius 1 is 0.905 bits per heavy atom. The summed E-state index contributed by atoms with van der Waals surface area (Å²) >= 11 is 3.47. The van der Waals surface area contributed by atoms with Gasteiger partial charge in [-0.3, -0.25) is 4.79 Å². The van der Waals surface area contributed by atoms with E-state index in [1.165, 1.54) is 5.56 Å². The van der Waals surface area contributed by atoms with Crippen molar-refractivity contribution in [2.45, 2.75) is 39.5 Å². The van der Waals surface area contributed by atoms with E-state index in [-0.39, 0.29) is 5.78 Å². The van der Waals surface area contributed by atoms with Crippen molar-refractivity contribution in [2.24, 2.45) is 0 Å². The first-order valence-electron chi connectivity index (χ1n) is 7.35. The number of rotatable bonds is 4. The van der Waals surface area contributed by atoms with Crippen molar-refractivity contribution in [3.05, 3.63) is 69.2 Å². The number of carbonyl (C=O) groups is 1. The van der Waals surface area contributed by atoms with Crippen molar-refractivity contribution >= 4 is 21.7 Å². The van der Waals surface area contributed by atoms with E-state index in [1.807, 2.05) is 30.3 Å². The number of ketones is 1. The maximum Gasteiger partial charge on any atom is 0.194 e. The summed E-state index contributed by atoms with van der Waals surface area (Å²) in [5, 5.41) is 0. The van der Waals surface area contributed by atoms with Gasteiger partial charge in [0.05, 0.1) is 0 Å². The Morgan fingerprint density at radius 3 is 2.14 bits per heavy atom. The normalized spacial score (nSPS) is 11.2. The van der Waals surface area contributed by atoms with Gasteiger partial charge in [0.2, 0.25) is 0 Å². The summed E-state index contributed by atoms with van der Waals surface area (Å²) in [6.07, 6.45) is 0. The van der Waals surface area contributed by atoms with Gasteiger partial charge in [-0.25, -0.2) is 0 Å². The molecule has 0 spiro atoms. The van der Waals surface area contributed by atoms with Gasteiger partial charge in [0.25, 0.3) is 0 Å². The van der Waals surface area contributed by atoms with E-state index in [2.05, 4.69) is 55.8 Å². The molecule has 2 rings (SSSR count). The number of halogens is 1. The Balaban J connectivity index is 2.53. The summed E-state index contributed by atoms with van der Waals surface area (Å²) in [4.78, 5) is 12.8. The summed E-state index contributed by atoms with van der Waals surface area (Å²) in [6, 6.07) is 13.8. The van der Waals surface area contributed by atoms with Gasteiger partial charge in [-0.2, -0.15) is 0 Å². The lowest BCUT2D eigenvalue weighted by Crippen LogP contribution is -2.08. The van der Waals surface area contributed by atoms with Gasteiger partial charge in [0.15, 0.2) is 5.78 Å². The molecule has 0 heterocycles. The van der Waals surface area contributed by atoms with Crippen LogP contribution >= 0.6 is 15.9 Å². The highest BCUT2D eigenvalue weighted by Crippen LogP contribution is 2.28. The Labute approximate surface area is 135 Å². The molecule has 110 valence electrons. The van der Waals surface area contributed by atoms with Crippen LogP contribution in [0, 0.1) is 0 Å². The van der Waals surface area contributed by atoms with Crippen LogP contribution in [0.2, 0.25) is 0 Å². The highest BCUT2D eigenvalue weighted by atomic mass is 79.9. The monoisotopic (exact) mass is 344 g/mol. The molecule has 0 aliphatic carbocycles. The fourth-order valence-electron chi connectivity index (χ4n) is 2.42. The molecular weight excluding hydrogens is 324 g/mol. The third-order valence-electron chi connectivity index (χ3n) is 3.73. The van der Waals surface area contributed by atoms with Gasteiger partial charge in [-0.05, 0) is 35.1 Å². The van der Waals surface area contributed by atoms with E-state index < -0.39 is 0 Å². The minimum absolute atomic E-state index is 0.0847. The van der Waals surface area contributed by atoms with E-state index in [9.17, 15) is 4.79 Å². The molecule has 0 aromatic heterocycles. The standard InChI is InChI=1S/C19H21BrO/c1-12(2)14-9-10-15(17(11-14)13(3)4)19(21)16-7-5-6-8-18(16)20/h5-13H,1-4H3. The highest BCUT2D eigenvalue weighted by molar-refractivity contribution is 9.10. The van der Waals surface area contributed by atoms with Crippen LogP contribution in [0.1, 0.15) is 66.6 Å². The maximum atomic E-state index is 12.8. The van der Waals surface area contributed by atoms with E-state index in [0.717, 1.165) is 21.2 Å². The number of benzene rings is 2. The van der Waals surface area contributed by atoms with Crippen LogP contribution in [0.4, 0.5) is 0 Å². The lowest BCUT2D eigenvalue weighted by Gasteiger charge is -2.16. The second kappa shape index (κ2) is 6.57. The lowest BCUT2D eigenvalue weighted by molar-refractivity contribution is 0.103. The summed E-state index contributed by atoms with van der Waals surface area (Å²) < 4.78 is 0.845. The molecule has 21 heavy (non-hydrogen) atoms. The Kier molecular flexibility index (Phi) is 5.00. The molecule has 0 radical (unpaired) electrons. The van der Waals surface area contributed by atoms with Gasteiger partial charge in [0, 0.05) is 15.6 Å². The Hall–Kier alpha value is -1.41. The molecule has 1 nitrogen and oxygen atoms in total. The van der Waals surface area contributed by atoms with Crippen molar-refractivity contribution in [2.75, 3.05) is 0 Å². The van der Waals surface area contributed by atoms with Gasteiger partial charge < -0.3 is 0 Å². The van der Waals surface area contributed by atoms with E-state index in [0.29, 0.717) is 11.8 Å². The predicted octanol–water partition coefficient (Wildman–Crippen LogP) is 5.93. The van der Waals surface area contributed by atoms with Gasteiger partial charge >= 0.3 is 0 Å². The summed E-state index contributed by atoms with van der Waals surface area (Å²) in [7, 11) is 0. The molecule has 0 saturated heterocycles. The first-order valence-corrected chi connectivity index (χ1v) is 8.14. The topological polar surface area (TPSA) is 17.1 Å². The summed E-state index contributed by atoms with van der Waals surface area (Å²) in [6.45, 7) is 8.62. The van der Waals surface area contributed by atoms with Gasteiger partial charge in [0.1, 0.15) is 0 Å². The summed E-state index contributed by atoms with van der Waals surface area (Å²) in [5.74, 6) is 0.877. The molecule has 2 heteroatoms. The zero-order valence-electron chi connectivity index (χ0n) is 13.0. The number of hydrogen-bond donors (Lipinski definition) is 0. The lowest BCUT2D eigenvalue weighted by atomic mass is 9.88. The molecule has 2 aromatic rings. The molecule has 0 bridgehead atoms. The molecule has 2 aromatic carbocycles. The largest absolute Gasteiger partial charge is 0.289 e. The van der Waals surface area contributed by atoms with Crippen molar-refractivity contribution in [3.63, 3.8) is 0 Å². The third-order valence-corrected chi connectivity index (χ3v) is 4.42. The quantitative estimate of drug-likeness (QED) is 0.628. The molecule has 0 aliphatic heterocycles. The van der Waals surface area contributed by atoms with Crippen LogP contribution in [0.3, 0.4) is 0 Å². The number of carbonyl (C=O) groups excluding carboxylic acids is 1. The fourth-order valence-corrected chi connectivity index (χ4v) is 2.88. The molecular formula is C19H21BrO. The molecule has 0 aliphatic rings. The maximum absolute atomic E-state index is 12.8. The smallest absolute Gasteiger partial charge is 0.194 e. The predicted molar refractivity (Wildman–Crippen MR) is 92.2 cm³/mol. The van der Waals surface area contributed by atoms with Crippen molar-refractivity contribution in [1.82, 2.24) is 0 Å².